The van der Waals surface area contributed by atoms with E-state index in [-0.39, 0.29) is 30.1 Å². The zero-order valence-corrected chi connectivity index (χ0v) is 26.9. The van der Waals surface area contributed by atoms with Crippen molar-refractivity contribution >= 4 is 11.9 Å². The lowest BCUT2D eigenvalue weighted by atomic mass is 9.74. The van der Waals surface area contributed by atoms with Crippen LogP contribution in [0.25, 0.3) is 0 Å². The van der Waals surface area contributed by atoms with Gasteiger partial charge >= 0.3 is 18.1 Å². The van der Waals surface area contributed by atoms with E-state index < -0.39 is 111 Å². The first-order valence-electron chi connectivity index (χ1n) is 14.8. The van der Waals surface area contributed by atoms with E-state index in [9.17, 15) is 76.8 Å². The van der Waals surface area contributed by atoms with Gasteiger partial charge in [0, 0.05) is 56.8 Å². The van der Waals surface area contributed by atoms with Crippen LogP contribution in [0.2, 0.25) is 0 Å². The van der Waals surface area contributed by atoms with E-state index in [4.69, 9.17) is 0 Å². The van der Waals surface area contributed by atoms with Crippen LogP contribution in [0.5, 0.6) is 0 Å². The highest BCUT2D eigenvalue weighted by Crippen LogP contribution is 2.53. The van der Waals surface area contributed by atoms with Gasteiger partial charge in [0.05, 0.1) is 5.56 Å². The minimum Gasteiger partial charge on any atom is -0.367 e. The highest BCUT2D eigenvalue weighted by molar-refractivity contribution is 5.78. The van der Waals surface area contributed by atoms with Crippen LogP contribution in [-0.4, -0.2) is 129 Å². The first kappa shape index (κ1) is 39.2. The number of likely N-dealkylation sites (tertiary alicyclic amines) is 1. The minimum absolute atomic E-state index is 0.0408. The summed E-state index contributed by atoms with van der Waals surface area (Å²) in [5.41, 5.74) is -12.3. The molecule has 0 radical (unpaired) electrons. The Labute approximate surface area is 280 Å². The molecule has 0 aliphatic carbocycles. The highest BCUT2D eigenvalue weighted by atomic mass is 19.4. The lowest BCUT2D eigenvalue weighted by Gasteiger charge is -2.64. The number of halogens is 6. The Bertz CT molecular complexity index is 1650. The third-order valence-corrected chi connectivity index (χ3v) is 9.31. The second-order valence-corrected chi connectivity index (χ2v) is 12.5. The van der Waals surface area contributed by atoms with Gasteiger partial charge in [-0.05, 0) is 49.7 Å². The maximum Gasteiger partial charge on any atom is 0.416 e. The number of piperidine rings is 1. The third-order valence-electron chi connectivity index (χ3n) is 9.31. The summed E-state index contributed by atoms with van der Waals surface area (Å²) in [5, 5.41) is 92.9. The molecule has 3 amide bonds. The van der Waals surface area contributed by atoms with E-state index in [0.717, 1.165) is 11.8 Å². The largest absolute Gasteiger partial charge is 0.416 e. The number of carbonyl (C=O) groups excluding carboxylic acids is 2. The SMILES string of the molecule is CC(=O)N1CCN(C2C(O)(O)C(O)(O)N(C(=O)N(C)C(C)(O)c3cc(C(F)F)cc(C(F)(F)F)c3)C(O)(c3ccc(F)cc3C)C2(O)O)CC1. The number of benzene rings is 2. The van der Waals surface area contributed by atoms with Crippen LogP contribution in [0.1, 0.15) is 48.1 Å². The molecule has 2 aromatic carbocycles. The van der Waals surface area contributed by atoms with Gasteiger partial charge in [-0.2, -0.15) is 13.2 Å². The molecule has 0 spiro atoms. The van der Waals surface area contributed by atoms with Crippen molar-refractivity contribution in [3.05, 3.63) is 70.0 Å². The summed E-state index contributed by atoms with van der Waals surface area (Å²) in [5.74, 6) is -14.3. The summed E-state index contributed by atoms with van der Waals surface area (Å²) in [7, 11) is 0.568. The molecule has 2 aliphatic heterocycles. The Morgan fingerprint density at radius 3 is 1.92 bits per heavy atom. The topological polar surface area (TPSA) is 209 Å². The van der Waals surface area contributed by atoms with Gasteiger partial charge in [0.2, 0.25) is 17.4 Å². The third kappa shape index (κ3) is 6.07. The number of amides is 3. The lowest BCUT2D eigenvalue weighted by molar-refractivity contribution is -0.525. The molecule has 0 aromatic heterocycles. The Hall–Kier alpha value is -3.60. The van der Waals surface area contributed by atoms with Gasteiger partial charge in [-0.3, -0.25) is 14.6 Å². The fourth-order valence-electron chi connectivity index (χ4n) is 6.37. The molecular formula is C30H36F6N4O10. The van der Waals surface area contributed by atoms with Crippen molar-refractivity contribution in [1.29, 1.82) is 0 Å². The van der Waals surface area contributed by atoms with Gasteiger partial charge in [-0.1, -0.05) is 6.07 Å². The average Bonchev–Trinajstić information content (AvgIpc) is 2.99. The van der Waals surface area contributed by atoms with Crippen LogP contribution in [-0.2, 0) is 22.4 Å². The van der Waals surface area contributed by atoms with E-state index in [1.54, 1.807) is 0 Å². The number of carbonyl (C=O) groups is 2. The summed E-state index contributed by atoms with van der Waals surface area (Å²) >= 11 is 0. The van der Waals surface area contributed by atoms with E-state index in [0.29, 0.717) is 38.2 Å². The summed E-state index contributed by atoms with van der Waals surface area (Å²) in [6.45, 7) is 1.71. The van der Waals surface area contributed by atoms with Crippen LogP contribution in [0.3, 0.4) is 0 Å². The molecule has 0 bridgehead atoms. The van der Waals surface area contributed by atoms with Crippen molar-refractivity contribution < 1.29 is 76.8 Å². The Morgan fingerprint density at radius 2 is 1.44 bits per heavy atom. The summed E-state index contributed by atoms with van der Waals surface area (Å²) < 4.78 is 82.5. The van der Waals surface area contributed by atoms with Crippen molar-refractivity contribution in [3.8, 4) is 0 Å². The van der Waals surface area contributed by atoms with Crippen molar-refractivity contribution in [3.63, 3.8) is 0 Å². The molecule has 278 valence electrons. The number of hydrogen-bond acceptors (Lipinski definition) is 11. The summed E-state index contributed by atoms with van der Waals surface area (Å²) in [6, 6.07) is -2.25. The fourth-order valence-corrected chi connectivity index (χ4v) is 6.37. The quantitative estimate of drug-likeness (QED) is 0.152. The molecule has 4 rings (SSSR count). The maximum atomic E-state index is 14.2. The second-order valence-electron chi connectivity index (χ2n) is 12.5. The van der Waals surface area contributed by atoms with E-state index in [1.165, 1.54) is 11.8 Å². The second kappa shape index (κ2) is 12.6. The number of piperazine rings is 1. The van der Waals surface area contributed by atoms with Crippen molar-refractivity contribution in [2.45, 2.75) is 68.4 Å². The van der Waals surface area contributed by atoms with Crippen molar-refractivity contribution in [2.75, 3.05) is 33.2 Å². The number of aryl methyl sites for hydroxylation is 1. The molecule has 2 aromatic rings. The number of rotatable bonds is 5. The Balaban J connectivity index is 1.95. The van der Waals surface area contributed by atoms with E-state index in [1.807, 2.05) is 0 Å². The number of hydrogen-bond donors (Lipinski definition) is 8. The van der Waals surface area contributed by atoms with Gasteiger partial charge in [-0.25, -0.2) is 22.9 Å². The summed E-state index contributed by atoms with van der Waals surface area (Å²) in [6.07, 6.45) is -8.77. The molecule has 2 saturated heterocycles. The van der Waals surface area contributed by atoms with Crippen LogP contribution >= 0.6 is 0 Å². The highest BCUT2D eigenvalue weighted by Gasteiger charge is 2.80. The molecule has 2 heterocycles. The monoisotopic (exact) mass is 726 g/mol. The Morgan fingerprint density at radius 1 is 0.900 bits per heavy atom. The van der Waals surface area contributed by atoms with Gasteiger partial charge in [0.15, 0.2) is 5.72 Å². The van der Waals surface area contributed by atoms with E-state index in [2.05, 4.69) is 0 Å². The van der Waals surface area contributed by atoms with Gasteiger partial charge in [0.25, 0.3) is 12.2 Å². The number of alkyl halides is 5. The van der Waals surface area contributed by atoms with Crippen molar-refractivity contribution in [2.24, 2.45) is 0 Å². The average molecular weight is 727 g/mol. The van der Waals surface area contributed by atoms with Crippen LogP contribution in [0.4, 0.5) is 31.1 Å². The smallest absolute Gasteiger partial charge is 0.367 e. The first-order chi connectivity index (χ1) is 22.6. The molecule has 50 heavy (non-hydrogen) atoms. The van der Waals surface area contributed by atoms with Crippen molar-refractivity contribution in [1.82, 2.24) is 19.6 Å². The molecule has 8 N–H and O–H groups in total. The molecule has 0 saturated carbocycles. The molecule has 20 heteroatoms. The maximum absolute atomic E-state index is 14.2. The molecular weight excluding hydrogens is 690 g/mol. The summed E-state index contributed by atoms with van der Waals surface area (Å²) in [4.78, 5) is 27.5. The Kier molecular flexibility index (Phi) is 9.85. The molecule has 3 unspecified atom stereocenters. The van der Waals surface area contributed by atoms with Crippen LogP contribution in [0, 0.1) is 12.7 Å². The lowest BCUT2D eigenvalue weighted by Crippen LogP contribution is -2.91. The predicted molar refractivity (Wildman–Crippen MR) is 155 cm³/mol. The van der Waals surface area contributed by atoms with Gasteiger partial charge in [-0.15, -0.1) is 0 Å². The molecule has 14 nitrogen and oxygen atoms in total. The number of aliphatic hydroxyl groups is 8. The van der Waals surface area contributed by atoms with E-state index >= 15 is 0 Å². The molecule has 2 fully saturated rings. The zero-order valence-electron chi connectivity index (χ0n) is 26.9. The number of urea groups is 1. The first-order valence-corrected chi connectivity index (χ1v) is 14.8. The molecule has 2 aliphatic rings. The molecule has 3 atom stereocenters. The van der Waals surface area contributed by atoms with Gasteiger partial charge < -0.3 is 45.8 Å². The predicted octanol–water partition coefficient (Wildman–Crippen LogP) is 0.00112. The van der Waals surface area contributed by atoms with Crippen LogP contribution < -0.4 is 0 Å². The zero-order chi connectivity index (χ0) is 38.2. The minimum atomic E-state index is -5.25. The normalized spacial score (nSPS) is 25.0. The number of nitrogens with zero attached hydrogens (tertiary/aromatic N) is 4. The van der Waals surface area contributed by atoms with Gasteiger partial charge in [0.1, 0.15) is 11.9 Å². The van der Waals surface area contributed by atoms with Crippen LogP contribution in [0.15, 0.2) is 36.4 Å². The standard InChI is InChI=1S/C30H36F6N4O10/c1-15-11-20(31)5-6-21(15)26(44)27(45,46)23(39-9-7-38(8-10-39)16(2)41)28(47,48)30(49,50)40(26)24(42)37(4)25(3,43)18-12-17(22(32)33)13-19(14-18)29(34,35)36/h5-6,11-14,22-23,43-50H,7-10H2,1-4H3. The fraction of sp³-hybridized carbons (Fsp3) is 0.533.